The number of methoxy groups -OCH3 is 1. The maximum atomic E-state index is 13.2. The minimum atomic E-state index is -1.84. The van der Waals surface area contributed by atoms with Crippen molar-refractivity contribution in [2.24, 2.45) is 5.73 Å². The number of carbonyl (C=O) groups excluding carboxylic acids is 3. The summed E-state index contributed by atoms with van der Waals surface area (Å²) in [7, 11) is 5.22. The largest absolute Gasteiger partial charge is 0.508 e. The Bertz CT molecular complexity index is 3450. The lowest BCUT2D eigenvalue weighted by atomic mass is 9.86. The van der Waals surface area contributed by atoms with Crippen molar-refractivity contribution in [2.45, 2.75) is 110 Å². The van der Waals surface area contributed by atoms with Crippen LogP contribution in [0, 0.1) is 6.92 Å². The molecule has 3 aliphatic rings. The van der Waals surface area contributed by atoms with E-state index in [4.69, 9.17) is 38.8 Å². The predicted octanol–water partition coefficient (Wildman–Crippen LogP) is 5.47. The maximum absolute atomic E-state index is 13.2. The number of phenols is 2. The number of allylic oxidation sites excluding steroid dienone is 2. The molecule has 0 spiro atoms. The van der Waals surface area contributed by atoms with E-state index >= 15 is 0 Å². The highest BCUT2D eigenvalue weighted by atomic mass is 16.7. The van der Waals surface area contributed by atoms with E-state index in [2.05, 4.69) is 5.32 Å². The molecule has 4 unspecified atom stereocenters. The van der Waals surface area contributed by atoms with Crippen LogP contribution >= 0.6 is 0 Å². The molecular formula is C54H59N5O16. The number of esters is 1. The van der Waals surface area contributed by atoms with Gasteiger partial charge in [0.05, 0.1) is 40.0 Å². The lowest BCUT2D eigenvalue weighted by Crippen LogP contribution is -2.65. The second kappa shape index (κ2) is 20.5. The van der Waals surface area contributed by atoms with Crippen LogP contribution in [0.5, 0.6) is 23.0 Å². The number of benzene rings is 3. The first-order valence-electron chi connectivity index (χ1n) is 23.9. The number of aromatic hydroxyl groups is 3. The number of phenolic OH excluding ortho intramolecular Hbond substituents is 2. The maximum Gasteiger partial charge on any atom is 0.404 e. The Labute approximate surface area is 429 Å². The van der Waals surface area contributed by atoms with Crippen molar-refractivity contribution < 1.29 is 68.0 Å². The zero-order chi connectivity index (χ0) is 54.6. The van der Waals surface area contributed by atoms with Gasteiger partial charge < -0.3 is 74.2 Å². The predicted molar refractivity (Wildman–Crippen MR) is 273 cm³/mol. The summed E-state index contributed by atoms with van der Waals surface area (Å²) in [5.41, 5.74) is 6.57. The highest BCUT2D eigenvalue weighted by Gasteiger charge is 2.53. The van der Waals surface area contributed by atoms with E-state index in [9.17, 15) is 49.5 Å². The normalized spacial score (nSPS) is 20.3. The van der Waals surface area contributed by atoms with Gasteiger partial charge in [-0.3, -0.25) is 9.59 Å². The fraction of sp³-hybridized carbons (Fsp3) is 0.370. The molecule has 0 aliphatic carbocycles. The van der Waals surface area contributed by atoms with Crippen molar-refractivity contribution >= 4 is 45.5 Å². The molecule has 21 heteroatoms. The second-order valence-corrected chi connectivity index (χ2v) is 19.7. The average molecular weight is 1030 g/mol. The van der Waals surface area contributed by atoms with Crippen LogP contribution in [0.2, 0.25) is 0 Å². The van der Waals surface area contributed by atoms with E-state index in [1.807, 2.05) is 45.0 Å². The number of amides is 2. The second-order valence-electron chi connectivity index (χ2n) is 19.7. The van der Waals surface area contributed by atoms with Crippen molar-refractivity contribution in [3.63, 3.8) is 0 Å². The summed E-state index contributed by atoms with van der Waals surface area (Å²) >= 11 is 0. The zero-order valence-electron chi connectivity index (χ0n) is 42.8. The number of ether oxygens (including phenoxy) is 5. The zero-order valence-corrected chi connectivity index (χ0v) is 42.8. The Morgan fingerprint density at radius 3 is 2.40 bits per heavy atom. The Morgan fingerprint density at radius 1 is 1.01 bits per heavy atom. The Hall–Kier alpha value is -7.82. The molecule has 9 rings (SSSR count). The van der Waals surface area contributed by atoms with E-state index in [0.717, 1.165) is 22.1 Å². The Morgan fingerprint density at radius 2 is 1.73 bits per heavy atom. The van der Waals surface area contributed by atoms with E-state index < -0.39 is 70.8 Å². The number of hydrogen-bond donors (Lipinski definition) is 7. The number of cyclic esters (lactones) is 1. The van der Waals surface area contributed by atoms with Gasteiger partial charge in [0.1, 0.15) is 35.5 Å². The Balaban J connectivity index is 0.000000211. The van der Waals surface area contributed by atoms with Gasteiger partial charge in [-0.25, -0.2) is 19.4 Å². The molecule has 0 radical (unpaired) electrons. The molecule has 21 nitrogen and oxygen atoms in total. The summed E-state index contributed by atoms with van der Waals surface area (Å²) in [6.07, 6.45) is -3.70. The standard InChI is InChI=1S/C31H36N2O11.C23H23N3O5/c1-14(2)7-8-16-13-17(9-11-19(16)34)27(37)33-21-22(35)18-10-12-20(15(3)24(18)42-28(21)38)41-29-23(36)25(43-30(32)39)26(40-6)31(4,5)44-29;1-4-23(30)16-8-18-20-12(9-26(18)21(28)15(16)11-31-22(23)29)7-13-14(10-25(2)3)19(27)6-5-17(13)24-20/h7,9-13,23,25-26,29,34-36H,8H2,1-6H3,(H2,32,39)(H,33,37);5-8,27,30H,4,9-11H2,1-3H3/t;23-/m.0/s1. The lowest BCUT2D eigenvalue weighted by Gasteiger charge is -2.47. The molecule has 6 aromatic rings. The number of pyridine rings is 2. The van der Waals surface area contributed by atoms with E-state index in [0.29, 0.717) is 53.1 Å². The number of fused-ring (bicyclic) bond motifs is 6. The van der Waals surface area contributed by atoms with Crippen LogP contribution in [-0.2, 0) is 55.5 Å². The fourth-order valence-electron chi connectivity index (χ4n) is 9.64. The molecule has 3 aromatic carbocycles. The third kappa shape index (κ3) is 9.99. The first kappa shape index (κ1) is 53.5. The van der Waals surface area contributed by atoms with Gasteiger partial charge in [0, 0.05) is 46.9 Å². The van der Waals surface area contributed by atoms with Gasteiger partial charge in [-0.15, -0.1) is 0 Å². The third-order valence-electron chi connectivity index (χ3n) is 13.6. The summed E-state index contributed by atoms with van der Waals surface area (Å²) in [6, 6.07) is 14.2. The van der Waals surface area contributed by atoms with Crippen LogP contribution in [0.4, 0.5) is 10.5 Å². The smallest absolute Gasteiger partial charge is 0.404 e. The highest BCUT2D eigenvalue weighted by Crippen LogP contribution is 2.41. The van der Waals surface area contributed by atoms with Crippen LogP contribution < -0.4 is 27.0 Å². The number of aliphatic hydroxyl groups excluding tert-OH is 1. The van der Waals surface area contributed by atoms with Gasteiger partial charge in [0.25, 0.3) is 11.5 Å². The van der Waals surface area contributed by atoms with Gasteiger partial charge in [-0.2, -0.15) is 0 Å². The number of nitrogens with zero attached hydrogens (tertiary/aromatic N) is 3. The number of carbonyl (C=O) groups is 3. The van der Waals surface area contributed by atoms with Crippen molar-refractivity contribution in [3.8, 4) is 34.4 Å². The molecule has 0 saturated carbocycles. The van der Waals surface area contributed by atoms with Gasteiger partial charge in [0.15, 0.2) is 29.2 Å². The molecule has 1 saturated heterocycles. The molecule has 3 aliphatic heterocycles. The highest BCUT2D eigenvalue weighted by molar-refractivity contribution is 6.06. The van der Waals surface area contributed by atoms with Crippen molar-refractivity contribution in [3.05, 3.63) is 126 Å². The summed E-state index contributed by atoms with van der Waals surface area (Å²) in [6.45, 7) is 11.1. The Kier molecular flexibility index (Phi) is 14.6. The molecule has 5 atom stereocenters. The number of hydrogen-bond acceptors (Lipinski definition) is 18. The molecule has 3 aromatic heterocycles. The minimum absolute atomic E-state index is 0.0183. The van der Waals surface area contributed by atoms with E-state index in [1.54, 1.807) is 50.5 Å². The van der Waals surface area contributed by atoms with E-state index in [-0.39, 0.29) is 57.9 Å². The van der Waals surface area contributed by atoms with Gasteiger partial charge in [0.2, 0.25) is 6.29 Å². The molecule has 0 bridgehead atoms. The van der Waals surface area contributed by atoms with Gasteiger partial charge >= 0.3 is 17.7 Å². The van der Waals surface area contributed by atoms with Crippen molar-refractivity contribution in [2.75, 3.05) is 26.5 Å². The fourth-order valence-corrected chi connectivity index (χ4v) is 9.64. The number of anilines is 1. The molecule has 75 heavy (non-hydrogen) atoms. The number of nitrogens with one attached hydrogen (secondary N) is 1. The van der Waals surface area contributed by atoms with E-state index in [1.165, 1.54) is 37.4 Å². The summed E-state index contributed by atoms with van der Waals surface area (Å²) in [4.78, 5) is 69.8. The lowest BCUT2D eigenvalue weighted by molar-refractivity contribution is -0.304. The van der Waals surface area contributed by atoms with Crippen LogP contribution in [0.15, 0.2) is 80.3 Å². The number of aliphatic hydroxyl groups is 2. The topological polar surface area (TPSA) is 305 Å². The number of primary amides is 1. The molecule has 396 valence electrons. The summed E-state index contributed by atoms with van der Waals surface area (Å²) in [5.74, 6) is -1.62. The average Bonchev–Trinajstić information content (AvgIpc) is 3.72. The van der Waals surface area contributed by atoms with Crippen molar-refractivity contribution in [1.82, 2.24) is 14.5 Å². The quantitative estimate of drug-likeness (QED) is 0.0480. The summed E-state index contributed by atoms with van der Waals surface area (Å²) in [5, 5.41) is 56.8. The van der Waals surface area contributed by atoms with Crippen LogP contribution in [0.3, 0.4) is 0 Å². The molecular weight excluding hydrogens is 975 g/mol. The third-order valence-corrected chi connectivity index (χ3v) is 13.6. The van der Waals surface area contributed by atoms with Crippen molar-refractivity contribution in [1.29, 1.82) is 0 Å². The summed E-state index contributed by atoms with van der Waals surface area (Å²) < 4.78 is 34.6. The van der Waals surface area contributed by atoms with Gasteiger partial charge in [-0.1, -0.05) is 18.6 Å². The number of aromatic nitrogens is 2. The van der Waals surface area contributed by atoms with Crippen LogP contribution in [-0.4, -0.2) is 109 Å². The van der Waals surface area contributed by atoms with Gasteiger partial charge in [-0.05, 0) is 122 Å². The molecule has 1 fully saturated rings. The first-order chi connectivity index (χ1) is 35.4. The SMILES string of the molecule is CC[C@@]1(O)C(=O)OCc2c1cc1n(c2=O)Cc2cc3c(CN(C)C)c(O)ccc3nc2-1.COC1C(OC(N)=O)C(O)C(Oc2ccc3c(O)c(NC(=O)c4ccc(O)c(CC=C(C)C)c4)c(=O)oc3c2C)OC1(C)C. The monoisotopic (exact) mass is 1030 g/mol. The molecule has 2 amide bonds. The minimum Gasteiger partial charge on any atom is -0.508 e. The molecule has 6 heterocycles. The number of nitrogens with two attached hydrogens (primary N) is 1. The first-order valence-corrected chi connectivity index (χ1v) is 23.9. The van der Waals surface area contributed by atoms with Crippen LogP contribution in [0.1, 0.15) is 84.8 Å². The number of rotatable bonds is 11. The molecule has 8 N–H and O–H groups in total. The van der Waals surface area contributed by atoms with Crippen LogP contribution in [0.25, 0.3) is 33.3 Å². The number of aryl methyl sites for hydroxylation is 1.